The van der Waals surface area contributed by atoms with Crippen molar-refractivity contribution >= 4 is 34.2 Å². The van der Waals surface area contributed by atoms with Gasteiger partial charge in [-0.1, -0.05) is 0 Å². The van der Waals surface area contributed by atoms with E-state index in [1.54, 1.807) is 0 Å². The predicted molar refractivity (Wildman–Crippen MR) is 110 cm³/mol. The van der Waals surface area contributed by atoms with E-state index in [4.69, 9.17) is 19.4 Å². The Morgan fingerprint density at radius 2 is 1.82 bits per heavy atom. The molecule has 2 atom stereocenters. The molecule has 8 nitrogen and oxygen atoms in total. The van der Waals surface area contributed by atoms with E-state index < -0.39 is 0 Å². The van der Waals surface area contributed by atoms with Crippen LogP contribution in [0.1, 0.15) is 13.8 Å². The molecule has 28 heavy (non-hydrogen) atoms. The topological polar surface area (TPSA) is 79.4 Å². The monoisotopic (exact) mass is 400 g/mol. The van der Waals surface area contributed by atoms with Gasteiger partial charge in [0.05, 0.1) is 44.4 Å². The molecule has 2 unspecified atom stereocenters. The third-order valence-electron chi connectivity index (χ3n) is 5.47. The highest BCUT2D eigenvalue weighted by Crippen LogP contribution is 2.33. The summed E-state index contributed by atoms with van der Waals surface area (Å²) >= 11 is 1.42. The number of morpholine rings is 2. The maximum Gasteiger partial charge on any atom is 0.182 e. The number of rotatable bonds is 3. The highest BCUT2D eigenvalue weighted by atomic mass is 32.1. The molecule has 5 heterocycles. The first-order valence-corrected chi connectivity index (χ1v) is 10.5. The van der Waals surface area contributed by atoms with Gasteiger partial charge in [0.2, 0.25) is 0 Å². The number of imidazole rings is 1. The van der Waals surface area contributed by atoms with Crippen LogP contribution in [-0.4, -0.2) is 70.9 Å². The molecular formula is C19H24N6O2S. The van der Waals surface area contributed by atoms with Crippen LogP contribution < -0.4 is 9.80 Å². The second kappa shape index (κ2) is 7.31. The van der Waals surface area contributed by atoms with Crippen molar-refractivity contribution in [2.75, 3.05) is 49.3 Å². The number of anilines is 2. The Hall–Kier alpha value is -2.23. The molecule has 5 rings (SSSR count). The van der Waals surface area contributed by atoms with Crippen molar-refractivity contribution in [3.8, 4) is 11.4 Å². The highest BCUT2D eigenvalue weighted by molar-refractivity contribution is 7.03. The van der Waals surface area contributed by atoms with Crippen molar-refractivity contribution in [1.82, 2.24) is 19.3 Å². The van der Waals surface area contributed by atoms with Crippen LogP contribution in [-0.2, 0) is 9.47 Å². The molecule has 2 saturated heterocycles. The Kier molecular flexibility index (Phi) is 4.65. The Labute approximate surface area is 167 Å². The first-order chi connectivity index (χ1) is 13.7. The molecule has 9 heteroatoms. The molecule has 3 aromatic heterocycles. The Bertz CT molecular complexity index is 959. The summed E-state index contributed by atoms with van der Waals surface area (Å²) in [5, 5.41) is 2.00. The van der Waals surface area contributed by atoms with Gasteiger partial charge < -0.3 is 24.3 Å². The summed E-state index contributed by atoms with van der Waals surface area (Å²) in [5.41, 5.74) is 3.84. The van der Waals surface area contributed by atoms with Gasteiger partial charge in [0.1, 0.15) is 17.2 Å². The number of ether oxygens (including phenoxy) is 2. The summed E-state index contributed by atoms with van der Waals surface area (Å²) in [5.74, 6) is 1.77. The largest absolute Gasteiger partial charge is 0.377 e. The van der Waals surface area contributed by atoms with E-state index in [1.165, 1.54) is 11.5 Å². The molecule has 0 aliphatic carbocycles. The number of hydrogen-bond acceptors (Lipinski definition) is 8. The molecule has 0 spiro atoms. The molecule has 0 saturated carbocycles. The van der Waals surface area contributed by atoms with Crippen molar-refractivity contribution in [2.24, 2.45) is 0 Å². The SMILES string of the molecule is CC1COCCN1c1cc(N2CCOCC2C)c2[nH]c(-c3cnsc3)nc2n1. The first kappa shape index (κ1) is 17.8. The molecular weight excluding hydrogens is 376 g/mol. The molecule has 3 aromatic rings. The quantitative estimate of drug-likeness (QED) is 0.724. The molecule has 1 N–H and O–H groups in total. The standard InChI is InChI=1S/C19H24N6O2S/c1-12-9-26-5-3-24(12)15-7-16(25-4-6-27-10-13(25)2)21-19-17(15)22-18(23-19)14-8-20-28-11-14/h7-8,11-13H,3-6,9-10H2,1-2H3,(H,21,22,23). The van der Waals surface area contributed by atoms with E-state index in [0.717, 1.165) is 73.6 Å². The van der Waals surface area contributed by atoms with E-state index in [9.17, 15) is 0 Å². The Morgan fingerprint density at radius 3 is 2.50 bits per heavy atom. The van der Waals surface area contributed by atoms with Gasteiger partial charge in [-0.25, -0.2) is 14.3 Å². The molecule has 148 valence electrons. The smallest absolute Gasteiger partial charge is 0.182 e. The van der Waals surface area contributed by atoms with Crippen molar-refractivity contribution < 1.29 is 9.47 Å². The van der Waals surface area contributed by atoms with Crippen LogP contribution in [0.5, 0.6) is 0 Å². The van der Waals surface area contributed by atoms with Gasteiger partial charge in [-0.05, 0) is 25.4 Å². The minimum absolute atomic E-state index is 0.285. The van der Waals surface area contributed by atoms with Gasteiger partial charge in [0.15, 0.2) is 5.65 Å². The van der Waals surface area contributed by atoms with Crippen molar-refractivity contribution in [3.05, 3.63) is 17.6 Å². The lowest BCUT2D eigenvalue weighted by Crippen LogP contribution is -2.45. The van der Waals surface area contributed by atoms with Crippen LogP contribution in [0.25, 0.3) is 22.6 Å². The number of H-pyrrole nitrogens is 1. The van der Waals surface area contributed by atoms with Gasteiger partial charge in [0, 0.05) is 36.1 Å². The number of aromatic nitrogens is 4. The lowest BCUT2D eigenvalue weighted by molar-refractivity contribution is 0.0981. The summed E-state index contributed by atoms with van der Waals surface area (Å²) in [6.45, 7) is 8.96. The van der Waals surface area contributed by atoms with E-state index in [0.29, 0.717) is 6.04 Å². The summed E-state index contributed by atoms with van der Waals surface area (Å²) < 4.78 is 15.5. The van der Waals surface area contributed by atoms with Gasteiger partial charge in [-0.15, -0.1) is 0 Å². The zero-order valence-corrected chi connectivity index (χ0v) is 16.9. The Balaban J connectivity index is 1.65. The van der Waals surface area contributed by atoms with Crippen LogP contribution in [0.2, 0.25) is 0 Å². The van der Waals surface area contributed by atoms with Gasteiger partial charge in [-0.2, -0.15) is 0 Å². The van der Waals surface area contributed by atoms with Crippen LogP contribution in [0.15, 0.2) is 17.6 Å². The fraction of sp³-hybridized carbons (Fsp3) is 0.526. The number of hydrogen-bond donors (Lipinski definition) is 1. The van der Waals surface area contributed by atoms with Crippen molar-refractivity contribution in [1.29, 1.82) is 0 Å². The van der Waals surface area contributed by atoms with Crippen molar-refractivity contribution in [2.45, 2.75) is 25.9 Å². The zero-order chi connectivity index (χ0) is 19.1. The molecule has 0 aromatic carbocycles. The van der Waals surface area contributed by atoms with Crippen LogP contribution >= 0.6 is 11.5 Å². The summed E-state index contributed by atoms with van der Waals surface area (Å²) in [6.07, 6.45) is 1.84. The van der Waals surface area contributed by atoms with Gasteiger partial charge in [-0.3, -0.25) is 0 Å². The fourth-order valence-electron chi connectivity index (χ4n) is 3.94. The Morgan fingerprint density at radius 1 is 1.07 bits per heavy atom. The predicted octanol–water partition coefficient (Wildman–Crippen LogP) is 2.53. The van der Waals surface area contributed by atoms with Crippen molar-refractivity contribution in [3.63, 3.8) is 0 Å². The lowest BCUT2D eigenvalue weighted by Gasteiger charge is -2.37. The number of fused-ring (bicyclic) bond motifs is 1. The molecule has 2 aliphatic rings. The number of pyridine rings is 1. The van der Waals surface area contributed by atoms with Gasteiger partial charge >= 0.3 is 0 Å². The maximum absolute atomic E-state index is 5.66. The highest BCUT2D eigenvalue weighted by Gasteiger charge is 2.27. The van der Waals surface area contributed by atoms with E-state index >= 15 is 0 Å². The molecule has 2 fully saturated rings. The fourth-order valence-corrected chi connectivity index (χ4v) is 4.46. The molecule has 0 bridgehead atoms. The molecule has 0 radical (unpaired) electrons. The third-order valence-corrected chi connectivity index (χ3v) is 6.06. The summed E-state index contributed by atoms with van der Waals surface area (Å²) in [7, 11) is 0. The number of nitrogens with zero attached hydrogens (tertiary/aromatic N) is 5. The third kappa shape index (κ3) is 3.13. The maximum atomic E-state index is 5.66. The summed E-state index contributed by atoms with van der Waals surface area (Å²) in [6, 6.07) is 2.77. The van der Waals surface area contributed by atoms with Crippen LogP contribution in [0.4, 0.5) is 11.5 Å². The summed E-state index contributed by atoms with van der Waals surface area (Å²) in [4.78, 5) is 17.9. The second-order valence-electron chi connectivity index (χ2n) is 7.43. The zero-order valence-electron chi connectivity index (χ0n) is 16.1. The average Bonchev–Trinajstić information content (AvgIpc) is 3.37. The van der Waals surface area contributed by atoms with E-state index in [-0.39, 0.29) is 6.04 Å². The van der Waals surface area contributed by atoms with Crippen LogP contribution in [0, 0.1) is 0 Å². The normalized spacial score (nSPS) is 23.5. The van der Waals surface area contributed by atoms with Crippen LogP contribution in [0.3, 0.4) is 0 Å². The second-order valence-corrected chi connectivity index (χ2v) is 8.09. The first-order valence-electron chi connectivity index (χ1n) is 9.70. The van der Waals surface area contributed by atoms with E-state index in [1.807, 2.05) is 11.6 Å². The number of aromatic amines is 1. The minimum atomic E-state index is 0.285. The molecule has 2 aliphatic heterocycles. The van der Waals surface area contributed by atoms with Gasteiger partial charge in [0.25, 0.3) is 0 Å². The lowest BCUT2D eigenvalue weighted by atomic mass is 10.2. The number of nitrogens with one attached hydrogen (secondary N) is 1. The minimum Gasteiger partial charge on any atom is -0.377 e. The molecule has 0 amide bonds. The average molecular weight is 401 g/mol. The van der Waals surface area contributed by atoms with E-state index in [2.05, 4.69) is 39.1 Å².